The van der Waals surface area contributed by atoms with Gasteiger partial charge in [0.15, 0.2) is 0 Å². The van der Waals surface area contributed by atoms with Crippen LogP contribution >= 0.6 is 11.3 Å². The van der Waals surface area contributed by atoms with Gasteiger partial charge in [0.2, 0.25) is 0 Å². The average Bonchev–Trinajstić information content (AvgIpc) is 2.85. The lowest BCUT2D eigenvalue weighted by Gasteiger charge is -2.08. The lowest BCUT2D eigenvalue weighted by molar-refractivity contribution is 0.296. The summed E-state index contributed by atoms with van der Waals surface area (Å²) in [7, 11) is 0. The topological polar surface area (TPSA) is 44.1 Å². The molecule has 0 radical (unpaired) electrons. The summed E-state index contributed by atoms with van der Waals surface area (Å²) in [6.45, 7) is 4.95. The van der Waals surface area contributed by atoms with Gasteiger partial charge in [-0.3, -0.25) is 9.36 Å². The van der Waals surface area contributed by atoms with Crippen molar-refractivity contribution < 1.29 is 4.74 Å². The van der Waals surface area contributed by atoms with Gasteiger partial charge in [0.25, 0.3) is 5.56 Å². The molecule has 0 bridgehead atoms. The molecule has 2 aromatic heterocycles. The van der Waals surface area contributed by atoms with Crippen LogP contribution in [-0.4, -0.2) is 16.2 Å². The molecule has 0 N–H and O–H groups in total. The largest absolute Gasteiger partial charge is 0.492 e. The Bertz CT molecular complexity index is 818. The Morgan fingerprint density at radius 3 is 2.76 bits per heavy atom. The smallest absolute Gasteiger partial charge is 0.262 e. The van der Waals surface area contributed by atoms with E-state index < -0.39 is 0 Å². The van der Waals surface area contributed by atoms with Crippen molar-refractivity contribution in [2.45, 2.75) is 20.4 Å². The summed E-state index contributed by atoms with van der Waals surface area (Å²) in [5, 5.41) is 0.690. The van der Waals surface area contributed by atoms with Crippen molar-refractivity contribution in [1.29, 1.82) is 0 Å². The maximum absolute atomic E-state index is 12.3. The van der Waals surface area contributed by atoms with Crippen LogP contribution in [0, 0.1) is 13.8 Å². The van der Waals surface area contributed by atoms with Crippen LogP contribution in [-0.2, 0) is 6.54 Å². The number of thiophene rings is 1. The number of aromatic nitrogens is 2. The van der Waals surface area contributed by atoms with Crippen molar-refractivity contribution in [3.8, 4) is 5.75 Å². The molecule has 0 saturated carbocycles. The van der Waals surface area contributed by atoms with Gasteiger partial charge in [-0.2, -0.15) is 0 Å². The number of rotatable bonds is 4. The first-order chi connectivity index (χ1) is 10.1. The van der Waals surface area contributed by atoms with Crippen molar-refractivity contribution in [1.82, 2.24) is 9.55 Å². The highest BCUT2D eigenvalue weighted by atomic mass is 32.1. The highest BCUT2D eigenvalue weighted by Gasteiger charge is 2.07. The molecule has 3 rings (SSSR count). The van der Waals surface area contributed by atoms with Gasteiger partial charge < -0.3 is 4.74 Å². The van der Waals surface area contributed by atoms with Crippen LogP contribution < -0.4 is 10.3 Å². The Labute approximate surface area is 126 Å². The number of fused-ring (bicyclic) bond motifs is 1. The first-order valence-electron chi connectivity index (χ1n) is 6.78. The minimum atomic E-state index is -0.00291. The van der Waals surface area contributed by atoms with E-state index in [0.717, 1.165) is 15.5 Å². The van der Waals surface area contributed by atoms with Crippen LogP contribution in [0.3, 0.4) is 0 Å². The number of hydrogen-bond acceptors (Lipinski definition) is 4. The van der Waals surface area contributed by atoms with Crippen LogP contribution in [0.4, 0.5) is 0 Å². The Morgan fingerprint density at radius 1 is 1.24 bits per heavy atom. The zero-order valence-corrected chi connectivity index (χ0v) is 12.8. The number of aryl methyl sites for hydroxylation is 2. The summed E-state index contributed by atoms with van der Waals surface area (Å²) in [4.78, 5) is 18.5. The number of benzene rings is 1. The standard InChI is InChI=1S/C16H16N2O2S/c1-11-3-5-13(6-4-11)20-8-7-18-10-17-15-14(16(18)19)9-12(2)21-15/h3-6,9-10H,7-8H2,1-2H3. The number of hydrogen-bond donors (Lipinski definition) is 0. The molecule has 2 heterocycles. The van der Waals surface area contributed by atoms with E-state index in [1.165, 1.54) is 5.56 Å². The summed E-state index contributed by atoms with van der Waals surface area (Å²) in [6, 6.07) is 9.77. The molecule has 0 fully saturated rings. The average molecular weight is 300 g/mol. The molecule has 1 aromatic carbocycles. The zero-order valence-electron chi connectivity index (χ0n) is 12.0. The van der Waals surface area contributed by atoms with Crippen LogP contribution in [0.1, 0.15) is 10.4 Å². The molecule has 21 heavy (non-hydrogen) atoms. The maximum Gasteiger partial charge on any atom is 0.262 e. The van der Waals surface area contributed by atoms with E-state index >= 15 is 0 Å². The molecule has 108 valence electrons. The van der Waals surface area contributed by atoms with Gasteiger partial charge in [0.1, 0.15) is 17.2 Å². The molecule has 0 spiro atoms. The van der Waals surface area contributed by atoms with Crippen LogP contribution in [0.5, 0.6) is 5.75 Å². The van der Waals surface area contributed by atoms with E-state index in [1.54, 1.807) is 22.2 Å². The monoisotopic (exact) mass is 300 g/mol. The second kappa shape index (κ2) is 5.69. The van der Waals surface area contributed by atoms with Gasteiger partial charge in [-0.05, 0) is 32.0 Å². The predicted molar refractivity (Wildman–Crippen MR) is 85.3 cm³/mol. The lowest BCUT2D eigenvalue weighted by Crippen LogP contribution is -2.23. The third-order valence-electron chi connectivity index (χ3n) is 3.26. The number of ether oxygens (including phenoxy) is 1. The van der Waals surface area contributed by atoms with E-state index in [9.17, 15) is 4.79 Å². The van der Waals surface area contributed by atoms with Gasteiger partial charge in [0.05, 0.1) is 18.3 Å². The first-order valence-corrected chi connectivity index (χ1v) is 7.60. The fraction of sp³-hybridized carbons (Fsp3) is 0.250. The summed E-state index contributed by atoms with van der Waals surface area (Å²) >= 11 is 1.54. The Kier molecular flexibility index (Phi) is 3.75. The zero-order chi connectivity index (χ0) is 14.8. The number of nitrogens with zero attached hydrogens (tertiary/aromatic N) is 2. The van der Waals surface area contributed by atoms with Crippen molar-refractivity contribution >= 4 is 21.6 Å². The molecule has 0 atom stereocenters. The second-order valence-electron chi connectivity index (χ2n) is 4.98. The van der Waals surface area contributed by atoms with Crippen molar-refractivity contribution in [3.63, 3.8) is 0 Å². The summed E-state index contributed by atoms with van der Waals surface area (Å²) < 4.78 is 7.25. The molecule has 3 aromatic rings. The minimum absolute atomic E-state index is 0.00291. The highest BCUT2D eigenvalue weighted by Crippen LogP contribution is 2.19. The van der Waals surface area contributed by atoms with Crippen molar-refractivity contribution in [2.75, 3.05) is 6.61 Å². The maximum atomic E-state index is 12.3. The predicted octanol–water partition coefficient (Wildman–Crippen LogP) is 3.15. The fourth-order valence-electron chi connectivity index (χ4n) is 2.14. The molecule has 0 aliphatic heterocycles. The van der Waals surface area contributed by atoms with Gasteiger partial charge in [-0.15, -0.1) is 11.3 Å². The summed E-state index contributed by atoms with van der Waals surface area (Å²) in [6.07, 6.45) is 1.60. The molecule has 0 saturated heterocycles. The Morgan fingerprint density at radius 2 is 2.00 bits per heavy atom. The highest BCUT2D eigenvalue weighted by molar-refractivity contribution is 7.18. The lowest BCUT2D eigenvalue weighted by atomic mass is 10.2. The van der Waals surface area contributed by atoms with Gasteiger partial charge in [-0.1, -0.05) is 17.7 Å². The third kappa shape index (κ3) is 2.97. The van der Waals surface area contributed by atoms with Gasteiger partial charge >= 0.3 is 0 Å². The van der Waals surface area contributed by atoms with E-state index in [-0.39, 0.29) is 5.56 Å². The van der Waals surface area contributed by atoms with E-state index in [0.29, 0.717) is 18.5 Å². The fourth-order valence-corrected chi connectivity index (χ4v) is 2.97. The van der Waals surface area contributed by atoms with Gasteiger partial charge in [-0.25, -0.2) is 4.98 Å². The second-order valence-corrected chi connectivity index (χ2v) is 6.22. The van der Waals surface area contributed by atoms with Crippen molar-refractivity contribution in [3.05, 3.63) is 57.5 Å². The SMILES string of the molecule is Cc1ccc(OCCn2cnc3sc(C)cc3c2=O)cc1. The van der Waals surface area contributed by atoms with E-state index in [1.807, 2.05) is 44.2 Å². The molecule has 0 aliphatic rings. The van der Waals surface area contributed by atoms with Crippen LogP contribution in [0.2, 0.25) is 0 Å². The quantitative estimate of drug-likeness (QED) is 0.743. The molecule has 0 aliphatic carbocycles. The summed E-state index contributed by atoms with van der Waals surface area (Å²) in [5.41, 5.74) is 1.19. The van der Waals surface area contributed by atoms with Crippen molar-refractivity contribution in [2.24, 2.45) is 0 Å². The Hall–Kier alpha value is -2.14. The minimum Gasteiger partial charge on any atom is -0.492 e. The van der Waals surface area contributed by atoms with Crippen LogP contribution in [0.15, 0.2) is 41.5 Å². The molecule has 4 nitrogen and oxygen atoms in total. The van der Waals surface area contributed by atoms with E-state index in [4.69, 9.17) is 4.74 Å². The first kappa shape index (κ1) is 13.8. The molecule has 0 amide bonds. The van der Waals surface area contributed by atoms with Crippen LogP contribution in [0.25, 0.3) is 10.2 Å². The van der Waals surface area contributed by atoms with Gasteiger partial charge in [0, 0.05) is 4.88 Å². The molecular formula is C16H16N2O2S. The molecule has 5 heteroatoms. The molecule has 0 unspecified atom stereocenters. The Balaban J connectivity index is 1.72. The molecular weight excluding hydrogens is 284 g/mol. The summed E-state index contributed by atoms with van der Waals surface area (Å²) in [5.74, 6) is 0.814. The third-order valence-corrected chi connectivity index (χ3v) is 4.22. The normalized spacial score (nSPS) is 11.0. The van der Waals surface area contributed by atoms with E-state index in [2.05, 4.69) is 4.98 Å².